The molecule has 0 bridgehead atoms. The number of benzene rings is 2. The lowest BCUT2D eigenvalue weighted by molar-refractivity contribution is -0.704. The van der Waals surface area contributed by atoms with Crippen LogP contribution < -0.4 is 4.57 Å². The molecular formula is C18H20NO4S+. The average Bonchev–Trinajstić information content (AvgIpc) is 2.87. The zero-order valence-electron chi connectivity index (χ0n) is 13.6. The van der Waals surface area contributed by atoms with Crippen molar-refractivity contribution in [3.05, 3.63) is 54.4 Å². The molecule has 1 aromatic heterocycles. The molecule has 0 saturated carbocycles. The molecule has 3 rings (SSSR count). The molecule has 5 nitrogen and oxygen atoms in total. The molecule has 0 radical (unpaired) electrons. The Hall–Kier alpha value is -2.18. The smallest absolute Gasteiger partial charge is 0.345 e. The third-order valence-corrected chi connectivity index (χ3v) is 4.97. The van der Waals surface area contributed by atoms with E-state index in [1.165, 1.54) is 0 Å². The summed E-state index contributed by atoms with van der Waals surface area (Å²) in [6.07, 6.45) is 0.565. The molecule has 0 amide bonds. The Kier molecular flexibility index (Phi) is 4.43. The molecule has 0 saturated heterocycles. The first kappa shape index (κ1) is 16.7. The van der Waals surface area contributed by atoms with Gasteiger partial charge in [0.2, 0.25) is 5.58 Å². The van der Waals surface area contributed by atoms with E-state index in [4.69, 9.17) is 4.42 Å². The van der Waals surface area contributed by atoms with Crippen molar-refractivity contribution < 1.29 is 22.0 Å². The Balaban J connectivity index is 2.15. The van der Waals surface area contributed by atoms with Gasteiger partial charge in [0.25, 0.3) is 15.6 Å². The summed E-state index contributed by atoms with van der Waals surface area (Å²) in [5.41, 5.74) is 3.62. The number of oxazole rings is 1. The van der Waals surface area contributed by atoms with Crippen LogP contribution in [0, 0.1) is 6.92 Å². The van der Waals surface area contributed by atoms with Gasteiger partial charge in [-0.1, -0.05) is 43.3 Å². The van der Waals surface area contributed by atoms with Crippen LogP contribution in [0.1, 0.15) is 25.3 Å². The van der Waals surface area contributed by atoms with Crippen molar-refractivity contribution in [1.82, 2.24) is 0 Å². The summed E-state index contributed by atoms with van der Waals surface area (Å²) in [5.74, 6) is 0.282. The maximum absolute atomic E-state index is 11.3. The molecule has 2 aromatic carbocycles. The monoisotopic (exact) mass is 346 g/mol. The number of hydrogen-bond donors (Lipinski definition) is 1. The topological polar surface area (TPSA) is 71.4 Å². The lowest BCUT2D eigenvalue weighted by Crippen LogP contribution is -2.44. The molecule has 1 heterocycles. The van der Waals surface area contributed by atoms with Crippen LogP contribution in [0.2, 0.25) is 0 Å². The Morgan fingerprint density at radius 3 is 2.46 bits per heavy atom. The van der Waals surface area contributed by atoms with Crippen LogP contribution in [0.5, 0.6) is 0 Å². The van der Waals surface area contributed by atoms with Crippen molar-refractivity contribution >= 4 is 21.2 Å². The summed E-state index contributed by atoms with van der Waals surface area (Å²) in [5, 5.41) is 0. The van der Waals surface area contributed by atoms with E-state index < -0.39 is 10.1 Å². The Bertz CT molecular complexity index is 961. The van der Waals surface area contributed by atoms with Gasteiger partial charge in [-0.15, -0.1) is 0 Å². The summed E-state index contributed by atoms with van der Waals surface area (Å²) < 4.78 is 39.6. The normalized spacial score (nSPS) is 13.3. The van der Waals surface area contributed by atoms with Gasteiger partial charge in [-0.3, -0.25) is 4.55 Å². The molecule has 0 aliphatic rings. The minimum atomic E-state index is -4.07. The highest BCUT2D eigenvalue weighted by molar-refractivity contribution is 7.85. The quantitative estimate of drug-likeness (QED) is 0.567. The van der Waals surface area contributed by atoms with E-state index in [-0.39, 0.29) is 11.8 Å². The molecule has 126 valence electrons. The predicted octanol–water partition coefficient (Wildman–Crippen LogP) is 3.53. The molecular weight excluding hydrogens is 326 g/mol. The molecule has 1 unspecified atom stereocenters. The fourth-order valence-corrected chi connectivity index (χ4v) is 3.92. The van der Waals surface area contributed by atoms with Crippen LogP contribution in [-0.4, -0.2) is 18.7 Å². The zero-order chi connectivity index (χ0) is 17.3. The maximum atomic E-state index is 11.3. The summed E-state index contributed by atoms with van der Waals surface area (Å²) in [6.45, 7) is 3.69. The molecule has 3 aromatic rings. The molecule has 0 fully saturated rings. The highest BCUT2D eigenvalue weighted by atomic mass is 32.2. The third kappa shape index (κ3) is 3.34. The van der Waals surface area contributed by atoms with E-state index >= 15 is 0 Å². The first-order chi connectivity index (χ1) is 11.4. The summed E-state index contributed by atoms with van der Waals surface area (Å²) in [6, 6.07) is 15.4. The Labute approximate surface area is 141 Å². The van der Waals surface area contributed by atoms with Crippen LogP contribution in [-0.2, 0) is 10.1 Å². The fourth-order valence-electron chi connectivity index (χ4n) is 3.05. The minimum Gasteiger partial charge on any atom is -0.402 e. The van der Waals surface area contributed by atoms with E-state index in [9.17, 15) is 13.0 Å². The second-order valence-electron chi connectivity index (χ2n) is 5.85. The summed E-state index contributed by atoms with van der Waals surface area (Å²) in [7, 11) is -4.07. The van der Waals surface area contributed by atoms with Gasteiger partial charge in [0, 0.05) is 12.5 Å². The highest BCUT2D eigenvalue weighted by Crippen LogP contribution is 2.25. The molecule has 24 heavy (non-hydrogen) atoms. The van der Waals surface area contributed by atoms with Crippen LogP contribution in [0.4, 0.5) is 0 Å². The molecule has 1 N–H and O–H groups in total. The number of aromatic nitrogens is 1. The summed E-state index contributed by atoms with van der Waals surface area (Å²) in [4.78, 5) is 0. The number of nitrogens with zero attached hydrogens (tertiary/aromatic N) is 1. The predicted molar refractivity (Wildman–Crippen MR) is 92.3 cm³/mol. The third-order valence-electron chi connectivity index (χ3n) is 4.16. The van der Waals surface area contributed by atoms with Gasteiger partial charge in [0.05, 0.1) is 6.92 Å². The van der Waals surface area contributed by atoms with Gasteiger partial charge >= 0.3 is 5.89 Å². The number of hydrogen-bond acceptors (Lipinski definition) is 3. The minimum absolute atomic E-state index is 0.334. The van der Waals surface area contributed by atoms with Gasteiger partial charge in [-0.2, -0.15) is 13.0 Å². The Morgan fingerprint density at radius 1 is 1.12 bits per heavy atom. The van der Waals surface area contributed by atoms with Gasteiger partial charge in [-0.25, -0.2) is 0 Å². The average molecular weight is 346 g/mol. The van der Waals surface area contributed by atoms with Crippen molar-refractivity contribution in [2.45, 2.75) is 26.3 Å². The van der Waals surface area contributed by atoms with Gasteiger partial charge < -0.3 is 4.42 Å². The highest BCUT2D eigenvalue weighted by Gasteiger charge is 2.31. The van der Waals surface area contributed by atoms with Gasteiger partial charge in [-0.05, 0) is 17.2 Å². The first-order valence-corrected chi connectivity index (χ1v) is 9.45. The molecule has 6 heteroatoms. The van der Waals surface area contributed by atoms with E-state index in [0.29, 0.717) is 17.9 Å². The molecule has 0 spiro atoms. The number of aryl methyl sites for hydroxylation is 1. The number of fused-ring (bicyclic) bond motifs is 1. The fraction of sp³-hybridized carbons (Fsp3) is 0.278. The van der Waals surface area contributed by atoms with Crippen LogP contribution >= 0.6 is 0 Å². The van der Waals surface area contributed by atoms with Crippen LogP contribution in [0.25, 0.3) is 22.2 Å². The lowest BCUT2D eigenvalue weighted by atomic mass is 10.1. The first-order valence-electron chi connectivity index (χ1n) is 7.84. The molecule has 0 aliphatic heterocycles. The van der Waals surface area contributed by atoms with E-state index in [0.717, 1.165) is 16.6 Å². The summed E-state index contributed by atoms with van der Waals surface area (Å²) >= 11 is 0. The zero-order valence-corrected chi connectivity index (χ0v) is 14.5. The van der Waals surface area contributed by atoms with Crippen LogP contribution in [0.3, 0.4) is 0 Å². The second kappa shape index (κ2) is 6.37. The van der Waals surface area contributed by atoms with Crippen molar-refractivity contribution in [3.63, 3.8) is 0 Å². The SMILES string of the molecule is CCC(CS(=O)(=O)O)[n+]1c(C)oc2ccc(-c3ccccc3)cc21. The van der Waals surface area contributed by atoms with E-state index in [2.05, 4.69) is 0 Å². The van der Waals surface area contributed by atoms with Gasteiger partial charge in [0.15, 0.2) is 6.04 Å². The van der Waals surface area contributed by atoms with E-state index in [1.54, 1.807) is 6.92 Å². The van der Waals surface area contributed by atoms with Crippen molar-refractivity contribution in [2.75, 3.05) is 5.75 Å². The largest absolute Gasteiger partial charge is 0.402 e. The lowest BCUT2D eigenvalue weighted by Gasteiger charge is -2.08. The Morgan fingerprint density at radius 2 is 1.83 bits per heavy atom. The second-order valence-corrected chi connectivity index (χ2v) is 7.35. The van der Waals surface area contributed by atoms with E-state index in [1.807, 2.05) is 60.0 Å². The molecule has 1 atom stereocenters. The number of rotatable bonds is 5. The van der Waals surface area contributed by atoms with Gasteiger partial charge in [0.1, 0.15) is 5.75 Å². The van der Waals surface area contributed by atoms with Crippen molar-refractivity contribution in [1.29, 1.82) is 0 Å². The molecule has 0 aliphatic carbocycles. The van der Waals surface area contributed by atoms with Crippen molar-refractivity contribution in [3.8, 4) is 11.1 Å². The van der Waals surface area contributed by atoms with Crippen molar-refractivity contribution in [2.24, 2.45) is 0 Å². The maximum Gasteiger partial charge on any atom is 0.345 e. The van der Waals surface area contributed by atoms with Crippen LogP contribution in [0.15, 0.2) is 52.9 Å². The standard InChI is InChI=1S/C18H19NO4S/c1-3-16(12-24(20,21)22)19-13(2)23-18-10-9-15(11-17(18)19)14-7-5-4-6-8-14/h4-11,16H,3,12H2,1-2H3/p+1.